The summed E-state index contributed by atoms with van der Waals surface area (Å²) in [6.07, 6.45) is 0. The van der Waals surface area contributed by atoms with Crippen LogP contribution in [0.25, 0.3) is 98.7 Å². The Morgan fingerprint density at radius 1 is 0.291 bits per heavy atom. The molecule has 258 valence electrons. The van der Waals surface area contributed by atoms with Gasteiger partial charge in [-0.2, -0.15) is 0 Å². The van der Waals surface area contributed by atoms with E-state index in [2.05, 4.69) is 208 Å². The molecule has 10 aromatic rings. The van der Waals surface area contributed by atoms with E-state index in [-0.39, 0.29) is 5.41 Å². The maximum atomic E-state index is 2.50. The molecule has 0 bridgehead atoms. The van der Waals surface area contributed by atoms with E-state index in [4.69, 9.17) is 0 Å². The number of benzene rings is 10. The van der Waals surface area contributed by atoms with E-state index < -0.39 is 0 Å². The summed E-state index contributed by atoms with van der Waals surface area (Å²) in [5.74, 6) is 0. The number of rotatable bonds is 4. The van der Waals surface area contributed by atoms with Gasteiger partial charge < -0.3 is 0 Å². The molecule has 55 heavy (non-hydrogen) atoms. The summed E-state index contributed by atoms with van der Waals surface area (Å²) in [6.45, 7) is 4.76. The van der Waals surface area contributed by atoms with E-state index in [1.165, 1.54) is 110 Å². The zero-order chi connectivity index (χ0) is 36.7. The van der Waals surface area contributed by atoms with E-state index in [9.17, 15) is 0 Å². The van der Waals surface area contributed by atoms with Crippen LogP contribution in [0.3, 0.4) is 0 Å². The number of fused-ring (bicyclic) bond motifs is 9. The van der Waals surface area contributed by atoms with Crippen LogP contribution in [0.4, 0.5) is 0 Å². The van der Waals surface area contributed by atoms with Crippen LogP contribution in [0.2, 0.25) is 0 Å². The van der Waals surface area contributed by atoms with Gasteiger partial charge in [-0.1, -0.05) is 196 Å². The van der Waals surface area contributed by atoms with Crippen molar-refractivity contribution in [2.45, 2.75) is 19.3 Å². The molecule has 0 heterocycles. The highest BCUT2D eigenvalue weighted by molar-refractivity contribution is 6.28. The first kappa shape index (κ1) is 31.7. The van der Waals surface area contributed by atoms with Gasteiger partial charge in [0.15, 0.2) is 0 Å². The summed E-state index contributed by atoms with van der Waals surface area (Å²) in [5, 5.41) is 10.2. The molecule has 0 nitrogen and oxygen atoms in total. The van der Waals surface area contributed by atoms with Gasteiger partial charge in [-0.25, -0.2) is 0 Å². The van der Waals surface area contributed by atoms with Gasteiger partial charge in [0.1, 0.15) is 0 Å². The van der Waals surface area contributed by atoms with Crippen molar-refractivity contribution >= 4 is 43.1 Å². The molecule has 0 heteroatoms. The van der Waals surface area contributed by atoms with Crippen molar-refractivity contribution in [2.75, 3.05) is 0 Å². The van der Waals surface area contributed by atoms with Gasteiger partial charge >= 0.3 is 0 Å². The highest BCUT2D eigenvalue weighted by atomic mass is 14.4. The molecule has 1 aliphatic rings. The molecular formula is C55H38. The molecule has 0 fully saturated rings. The summed E-state index contributed by atoms with van der Waals surface area (Å²) in [6, 6.07) is 72.1. The molecule has 0 N–H and O–H groups in total. The van der Waals surface area contributed by atoms with E-state index in [0.29, 0.717) is 0 Å². The van der Waals surface area contributed by atoms with Gasteiger partial charge in [-0.3, -0.25) is 0 Å². The minimum absolute atomic E-state index is 0.101. The van der Waals surface area contributed by atoms with Crippen molar-refractivity contribution in [3.8, 4) is 55.6 Å². The Bertz CT molecular complexity index is 3160. The summed E-state index contributed by atoms with van der Waals surface area (Å²) >= 11 is 0. The molecule has 0 atom stereocenters. The molecule has 0 aliphatic heterocycles. The SMILES string of the molecule is CC1(C)c2ccccc2-c2c1cc(-c1ccccc1-c1cccc(-c3c4ccccc4c(-c4ccccc4)c4ccc5ccccc5c34)c1)c1ccccc21. The number of hydrogen-bond acceptors (Lipinski definition) is 0. The first-order valence-corrected chi connectivity index (χ1v) is 19.4. The fourth-order valence-electron chi connectivity index (χ4n) is 9.75. The fourth-order valence-corrected chi connectivity index (χ4v) is 9.75. The van der Waals surface area contributed by atoms with Gasteiger partial charge in [0.2, 0.25) is 0 Å². The quantitative estimate of drug-likeness (QED) is 0.127. The smallest absolute Gasteiger partial charge is 0.0159 e. The van der Waals surface area contributed by atoms with Crippen LogP contribution in [0.1, 0.15) is 25.0 Å². The average molecular weight is 699 g/mol. The molecule has 0 spiro atoms. The summed E-state index contributed by atoms with van der Waals surface area (Å²) < 4.78 is 0. The molecule has 1 aliphatic carbocycles. The summed E-state index contributed by atoms with van der Waals surface area (Å²) in [5.41, 5.74) is 15.5. The Kier molecular flexibility index (Phi) is 7.00. The zero-order valence-corrected chi connectivity index (χ0v) is 31.0. The van der Waals surface area contributed by atoms with Crippen molar-refractivity contribution < 1.29 is 0 Å². The second-order valence-electron chi connectivity index (χ2n) is 15.6. The Morgan fingerprint density at radius 2 is 0.855 bits per heavy atom. The average Bonchev–Trinajstić information content (AvgIpc) is 3.48. The lowest BCUT2D eigenvalue weighted by Crippen LogP contribution is -2.15. The Balaban J connectivity index is 1.18. The summed E-state index contributed by atoms with van der Waals surface area (Å²) in [4.78, 5) is 0. The van der Waals surface area contributed by atoms with Crippen molar-refractivity contribution in [3.63, 3.8) is 0 Å². The predicted octanol–water partition coefficient (Wildman–Crippen LogP) is 15.3. The molecule has 0 unspecified atom stereocenters. The van der Waals surface area contributed by atoms with Gasteiger partial charge in [-0.05, 0) is 122 Å². The first-order valence-electron chi connectivity index (χ1n) is 19.4. The van der Waals surface area contributed by atoms with Crippen LogP contribution >= 0.6 is 0 Å². The highest BCUT2D eigenvalue weighted by Gasteiger charge is 2.37. The van der Waals surface area contributed by atoms with Crippen LogP contribution in [-0.4, -0.2) is 0 Å². The zero-order valence-electron chi connectivity index (χ0n) is 31.0. The molecule has 11 rings (SSSR count). The van der Waals surface area contributed by atoms with Crippen LogP contribution in [0.15, 0.2) is 194 Å². The summed E-state index contributed by atoms with van der Waals surface area (Å²) in [7, 11) is 0. The van der Waals surface area contributed by atoms with Gasteiger partial charge in [0.25, 0.3) is 0 Å². The standard InChI is InChI=1S/C55H38/c1-55(2)49-30-15-14-29-46(49)53-43-26-11-10-25-42(43)48(34-50(53)55)41-24-9-8-22-39(41)37-20-16-21-38(33-37)52-45-28-13-12-27-44(45)51(36-18-4-3-5-19-36)47-32-31-35-17-6-7-23-40(35)54(47)52/h3-34H,1-2H3. The Labute approximate surface area is 322 Å². The maximum Gasteiger partial charge on any atom is 0.0159 e. The lowest BCUT2D eigenvalue weighted by atomic mass is 9.79. The molecule has 0 radical (unpaired) electrons. The largest absolute Gasteiger partial charge is 0.0622 e. The topological polar surface area (TPSA) is 0 Å². The molecule has 0 aromatic heterocycles. The van der Waals surface area contributed by atoms with Gasteiger partial charge in [0.05, 0.1) is 0 Å². The third kappa shape index (κ3) is 4.71. The van der Waals surface area contributed by atoms with E-state index in [1.807, 2.05) is 0 Å². The number of hydrogen-bond donors (Lipinski definition) is 0. The van der Waals surface area contributed by atoms with Crippen LogP contribution in [-0.2, 0) is 5.41 Å². The Hall–Kier alpha value is -6.76. The second kappa shape index (κ2) is 12.1. The minimum Gasteiger partial charge on any atom is -0.0622 e. The van der Waals surface area contributed by atoms with Gasteiger partial charge in [-0.15, -0.1) is 0 Å². The van der Waals surface area contributed by atoms with Crippen molar-refractivity contribution in [3.05, 3.63) is 205 Å². The van der Waals surface area contributed by atoms with E-state index in [1.54, 1.807) is 0 Å². The van der Waals surface area contributed by atoms with Crippen molar-refractivity contribution in [2.24, 2.45) is 0 Å². The highest BCUT2D eigenvalue weighted by Crippen LogP contribution is 2.54. The van der Waals surface area contributed by atoms with Crippen molar-refractivity contribution in [1.82, 2.24) is 0 Å². The normalized spacial score (nSPS) is 13.1. The third-order valence-corrected chi connectivity index (χ3v) is 12.2. The first-order chi connectivity index (χ1) is 27.1. The monoisotopic (exact) mass is 698 g/mol. The molecule has 0 amide bonds. The Morgan fingerprint density at radius 3 is 1.64 bits per heavy atom. The molecule has 10 aromatic carbocycles. The second-order valence-corrected chi connectivity index (χ2v) is 15.6. The lowest BCUT2D eigenvalue weighted by molar-refractivity contribution is 0.661. The van der Waals surface area contributed by atoms with Crippen LogP contribution in [0, 0.1) is 0 Å². The van der Waals surface area contributed by atoms with Crippen molar-refractivity contribution in [1.29, 1.82) is 0 Å². The molecular weight excluding hydrogens is 661 g/mol. The van der Waals surface area contributed by atoms with E-state index in [0.717, 1.165) is 0 Å². The fraction of sp³-hybridized carbons (Fsp3) is 0.0545. The minimum atomic E-state index is -0.101. The third-order valence-electron chi connectivity index (χ3n) is 12.2. The maximum absolute atomic E-state index is 2.50. The lowest BCUT2D eigenvalue weighted by Gasteiger charge is -2.23. The van der Waals surface area contributed by atoms with Crippen LogP contribution in [0.5, 0.6) is 0 Å². The van der Waals surface area contributed by atoms with Gasteiger partial charge in [0, 0.05) is 5.41 Å². The molecule has 0 saturated heterocycles. The predicted molar refractivity (Wildman–Crippen MR) is 236 cm³/mol. The molecule has 0 saturated carbocycles. The van der Waals surface area contributed by atoms with E-state index >= 15 is 0 Å². The van der Waals surface area contributed by atoms with Crippen LogP contribution < -0.4 is 0 Å².